The van der Waals surface area contributed by atoms with Crippen LogP contribution in [0, 0.1) is 11.3 Å². The van der Waals surface area contributed by atoms with E-state index in [9.17, 15) is 10.1 Å². The summed E-state index contributed by atoms with van der Waals surface area (Å²) in [6, 6.07) is 13.2. The van der Waals surface area contributed by atoms with Gasteiger partial charge < -0.3 is 9.64 Å². The third-order valence-electron chi connectivity index (χ3n) is 4.29. The summed E-state index contributed by atoms with van der Waals surface area (Å²) in [5, 5.41) is 9.67. The molecule has 1 amide bonds. The fourth-order valence-corrected chi connectivity index (χ4v) is 4.38. The highest BCUT2D eigenvalue weighted by molar-refractivity contribution is 9.11. The monoisotopic (exact) mass is 519 g/mol. The number of rotatable bonds is 4. The van der Waals surface area contributed by atoms with Crippen molar-refractivity contribution < 1.29 is 9.53 Å². The third kappa shape index (κ3) is 3.97. The van der Waals surface area contributed by atoms with E-state index in [0.29, 0.717) is 22.1 Å². The number of nitrogens with zero attached hydrogens (tertiary/aromatic N) is 3. The third-order valence-corrected chi connectivity index (χ3v) is 6.02. The van der Waals surface area contributed by atoms with Gasteiger partial charge in [0.25, 0.3) is 5.91 Å². The minimum Gasteiger partial charge on any atom is -0.486 e. The van der Waals surface area contributed by atoms with E-state index in [2.05, 4.69) is 37.9 Å². The number of likely N-dealkylation sites (N-methyl/N-ethyl adjacent to an activating group) is 2. The second-order valence-corrected chi connectivity index (χ2v) is 8.18. The molecule has 1 fully saturated rings. The quantitative estimate of drug-likeness (QED) is 0.432. The molecule has 142 valence electrons. The summed E-state index contributed by atoms with van der Waals surface area (Å²) >= 11 is 12.3. The van der Waals surface area contributed by atoms with Crippen molar-refractivity contribution in [1.82, 2.24) is 9.80 Å². The molecule has 0 atom stereocenters. The highest BCUT2D eigenvalue weighted by atomic mass is 79.9. The minimum atomic E-state index is -0.145. The van der Waals surface area contributed by atoms with Crippen LogP contribution in [-0.2, 0) is 11.4 Å². The maximum Gasteiger partial charge on any atom is 0.276 e. The first-order chi connectivity index (χ1) is 13.3. The fraction of sp³-hybridized carbons (Fsp3) is 0.150. The number of carbonyl (C=O) groups excluding carboxylic acids is 1. The summed E-state index contributed by atoms with van der Waals surface area (Å²) in [6.07, 6.45) is 1.78. The summed E-state index contributed by atoms with van der Waals surface area (Å²) in [6.45, 7) is 0.266. The molecule has 0 radical (unpaired) electrons. The maximum atomic E-state index is 12.3. The van der Waals surface area contributed by atoms with Gasteiger partial charge in [-0.25, -0.2) is 0 Å². The van der Waals surface area contributed by atoms with Crippen molar-refractivity contribution in [3.63, 3.8) is 0 Å². The van der Waals surface area contributed by atoms with Crippen LogP contribution < -0.4 is 4.74 Å². The Hall–Kier alpha value is -2.21. The van der Waals surface area contributed by atoms with Crippen LogP contribution in [0.1, 0.15) is 16.7 Å². The van der Waals surface area contributed by atoms with E-state index in [4.69, 9.17) is 17.0 Å². The molecule has 0 unspecified atom stereocenters. The molecule has 1 saturated heterocycles. The zero-order valence-electron chi connectivity index (χ0n) is 15.1. The normalized spacial score (nSPS) is 15.3. The second-order valence-electron chi connectivity index (χ2n) is 6.11. The van der Waals surface area contributed by atoms with E-state index in [0.717, 1.165) is 20.1 Å². The Morgan fingerprint density at radius 3 is 2.39 bits per heavy atom. The first-order valence-electron chi connectivity index (χ1n) is 8.20. The van der Waals surface area contributed by atoms with Crippen molar-refractivity contribution in [1.29, 1.82) is 5.26 Å². The molecule has 0 aromatic heterocycles. The largest absolute Gasteiger partial charge is 0.486 e. The Bertz CT molecular complexity index is 1020. The van der Waals surface area contributed by atoms with Crippen LogP contribution in [0.25, 0.3) is 6.08 Å². The zero-order valence-corrected chi connectivity index (χ0v) is 19.1. The van der Waals surface area contributed by atoms with Gasteiger partial charge in [0.15, 0.2) is 5.11 Å². The van der Waals surface area contributed by atoms with E-state index >= 15 is 0 Å². The summed E-state index contributed by atoms with van der Waals surface area (Å²) in [4.78, 5) is 15.5. The molecule has 0 saturated carbocycles. The Morgan fingerprint density at radius 2 is 1.82 bits per heavy atom. The van der Waals surface area contributed by atoms with Crippen LogP contribution in [0.2, 0.25) is 0 Å². The minimum absolute atomic E-state index is 0.145. The molecular weight excluding hydrogens is 506 g/mol. The van der Waals surface area contributed by atoms with Crippen LogP contribution in [0.3, 0.4) is 0 Å². The van der Waals surface area contributed by atoms with Crippen molar-refractivity contribution in [2.24, 2.45) is 0 Å². The number of hydrogen-bond donors (Lipinski definition) is 0. The Morgan fingerprint density at radius 1 is 1.18 bits per heavy atom. The molecule has 3 rings (SSSR count). The standard InChI is InChI=1S/C20H15Br2N3O2S/c1-24-17(19(26)25(2)20(24)28)9-12-7-15(21)18(16(22)8-12)27-11-14-6-4-3-5-13(14)10-23/h3-9H,11H2,1-2H3/b17-9-. The van der Waals surface area contributed by atoms with Gasteiger partial charge in [-0.1, -0.05) is 18.2 Å². The number of amides is 1. The van der Waals surface area contributed by atoms with E-state index in [1.165, 1.54) is 4.90 Å². The topological polar surface area (TPSA) is 56.6 Å². The lowest BCUT2D eigenvalue weighted by atomic mass is 10.1. The second kappa shape index (κ2) is 8.43. The average molecular weight is 521 g/mol. The number of thiocarbonyl (C=S) groups is 1. The molecule has 0 N–H and O–H groups in total. The lowest BCUT2D eigenvalue weighted by Gasteiger charge is -2.13. The van der Waals surface area contributed by atoms with Gasteiger partial charge in [0, 0.05) is 19.7 Å². The number of carbonyl (C=O) groups is 1. The molecule has 2 aromatic carbocycles. The van der Waals surface area contributed by atoms with E-state index in [1.54, 1.807) is 31.1 Å². The van der Waals surface area contributed by atoms with Gasteiger partial charge in [-0.2, -0.15) is 5.26 Å². The number of hydrogen-bond acceptors (Lipinski definition) is 4. The molecule has 2 aromatic rings. The molecule has 1 aliphatic heterocycles. The molecule has 28 heavy (non-hydrogen) atoms. The van der Waals surface area contributed by atoms with Crippen molar-refractivity contribution in [3.8, 4) is 11.8 Å². The fourth-order valence-electron chi connectivity index (χ4n) is 2.75. The summed E-state index contributed by atoms with van der Waals surface area (Å²) in [7, 11) is 3.42. The van der Waals surface area contributed by atoms with Gasteiger partial charge in [-0.15, -0.1) is 0 Å². The number of nitriles is 1. The van der Waals surface area contributed by atoms with Crippen molar-refractivity contribution in [2.45, 2.75) is 6.61 Å². The SMILES string of the molecule is CN1C(=O)/C(=C/c2cc(Br)c(OCc3ccccc3C#N)c(Br)c2)N(C)C1=S. The van der Waals surface area contributed by atoms with Gasteiger partial charge in [-0.3, -0.25) is 9.69 Å². The first-order valence-corrected chi connectivity index (χ1v) is 10.2. The zero-order chi connectivity index (χ0) is 20.4. The molecule has 1 heterocycles. The van der Waals surface area contributed by atoms with Crippen molar-refractivity contribution >= 4 is 61.2 Å². The van der Waals surface area contributed by atoms with Crippen LogP contribution in [-0.4, -0.2) is 34.9 Å². The van der Waals surface area contributed by atoms with E-state index in [-0.39, 0.29) is 12.5 Å². The molecule has 0 aliphatic carbocycles. The van der Waals surface area contributed by atoms with Crippen LogP contribution in [0.5, 0.6) is 5.75 Å². The van der Waals surface area contributed by atoms with Gasteiger partial charge in [0.05, 0.1) is 20.6 Å². The summed E-state index contributed by atoms with van der Waals surface area (Å²) in [5.74, 6) is 0.474. The van der Waals surface area contributed by atoms with Gasteiger partial charge in [-0.05, 0) is 73.9 Å². The molecule has 0 spiro atoms. The number of halogens is 2. The average Bonchev–Trinajstić information content (AvgIpc) is 2.85. The number of benzene rings is 2. The lowest BCUT2D eigenvalue weighted by Crippen LogP contribution is -2.26. The molecular formula is C20H15Br2N3O2S. The Labute approximate surface area is 185 Å². The molecule has 5 nitrogen and oxygen atoms in total. The predicted molar refractivity (Wildman–Crippen MR) is 118 cm³/mol. The Kier molecular flexibility index (Phi) is 6.18. The van der Waals surface area contributed by atoms with Gasteiger partial charge in [0.2, 0.25) is 0 Å². The van der Waals surface area contributed by atoms with Crippen LogP contribution in [0.4, 0.5) is 0 Å². The molecule has 8 heteroatoms. The van der Waals surface area contributed by atoms with Gasteiger partial charge in [0.1, 0.15) is 18.1 Å². The molecule has 1 aliphatic rings. The van der Waals surface area contributed by atoms with Crippen molar-refractivity contribution in [2.75, 3.05) is 14.1 Å². The van der Waals surface area contributed by atoms with Crippen LogP contribution in [0.15, 0.2) is 51.0 Å². The molecule has 0 bridgehead atoms. The van der Waals surface area contributed by atoms with Crippen LogP contribution >= 0.6 is 44.1 Å². The van der Waals surface area contributed by atoms with E-state index < -0.39 is 0 Å². The Balaban J connectivity index is 1.86. The predicted octanol–water partition coefficient (Wildman–Crippen LogP) is 4.69. The van der Waals surface area contributed by atoms with E-state index in [1.807, 2.05) is 30.3 Å². The van der Waals surface area contributed by atoms with Gasteiger partial charge >= 0.3 is 0 Å². The highest BCUT2D eigenvalue weighted by Crippen LogP contribution is 2.36. The maximum absolute atomic E-state index is 12.3. The lowest BCUT2D eigenvalue weighted by molar-refractivity contribution is -0.121. The summed E-state index contributed by atoms with van der Waals surface area (Å²) < 4.78 is 7.38. The van der Waals surface area contributed by atoms with Crippen molar-refractivity contribution in [3.05, 3.63) is 67.7 Å². The smallest absolute Gasteiger partial charge is 0.276 e. The number of ether oxygens (including phenoxy) is 1. The highest BCUT2D eigenvalue weighted by Gasteiger charge is 2.32. The summed E-state index contributed by atoms with van der Waals surface area (Å²) in [5.41, 5.74) is 2.71. The first kappa shape index (κ1) is 20.5.